The molecule has 42 heavy (non-hydrogen) atoms. The van der Waals surface area contributed by atoms with E-state index in [-0.39, 0.29) is 89.3 Å². The molecule has 0 aromatic heterocycles. The van der Waals surface area contributed by atoms with Crippen molar-refractivity contribution in [2.24, 2.45) is 11.1 Å². The molecule has 13 heteroatoms. The van der Waals surface area contributed by atoms with E-state index < -0.39 is 30.0 Å². The van der Waals surface area contributed by atoms with Gasteiger partial charge in [-0.15, -0.1) is 0 Å². The van der Waals surface area contributed by atoms with Crippen LogP contribution >= 0.6 is 0 Å². The largest absolute Gasteiger partial charge is 0.488 e. The second-order valence-corrected chi connectivity index (χ2v) is 10.1. The van der Waals surface area contributed by atoms with Crippen LogP contribution in [-0.2, 0) is 25.4 Å². The molecule has 0 amide bonds. The molecule has 11 nitrogen and oxygen atoms in total. The lowest BCUT2D eigenvalue weighted by molar-refractivity contribution is -0.113. The highest BCUT2D eigenvalue weighted by Gasteiger charge is 2.27. The van der Waals surface area contributed by atoms with Crippen LogP contribution in [0.2, 0.25) is 0 Å². The third kappa shape index (κ3) is 12.9. The predicted octanol–water partition coefficient (Wildman–Crippen LogP) is 2.43. The van der Waals surface area contributed by atoms with Gasteiger partial charge in [-0.25, -0.2) is 4.39 Å². The summed E-state index contributed by atoms with van der Waals surface area (Å²) in [4.78, 5) is 22.8. The first-order valence-electron chi connectivity index (χ1n) is 14.4. The Labute approximate surface area is 245 Å². The lowest BCUT2D eigenvalue weighted by Crippen LogP contribution is -2.46. The quantitative estimate of drug-likeness (QED) is 0.0635. The standard InChI is InChI=1S/C29H44F2N2O9/c1-20(35)23(18-21-4-2-3-5-21)19-22-6-7-25(27(31)26(22)30)42-17-16-41-15-14-40-13-12-39-11-9-32-29(37)28(33-38)24(36)8-10-34/h6-7,18,21,24,28-29,32,34,36-37H,2-5,8-17,19H2,1H3/b23-18+. The Morgan fingerprint density at radius 1 is 1.02 bits per heavy atom. The van der Waals surface area contributed by atoms with E-state index in [1.165, 1.54) is 19.1 Å². The number of Topliss-reactive ketones (excluding diaryl/α,β-unsaturated/α-hetero) is 1. The van der Waals surface area contributed by atoms with Crippen LogP contribution in [0.1, 0.15) is 44.6 Å². The number of ether oxygens (including phenoxy) is 4. The molecule has 0 heterocycles. The first-order valence-corrected chi connectivity index (χ1v) is 14.4. The molecule has 3 atom stereocenters. The topological polar surface area (TPSA) is 156 Å². The van der Waals surface area contributed by atoms with Gasteiger partial charge < -0.3 is 34.3 Å². The van der Waals surface area contributed by atoms with E-state index in [1.54, 1.807) is 0 Å². The highest BCUT2D eigenvalue weighted by atomic mass is 19.2. The number of nitrogens with zero attached hydrogens (tertiary/aromatic N) is 1. The van der Waals surface area contributed by atoms with Gasteiger partial charge in [0.15, 0.2) is 23.4 Å². The van der Waals surface area contributed by atoms with Crippen molar-refractivity contribution in [3.63, 3.8) is 0 Å². The second kappa shape index (κ2) is 20.5. The zero-order valence-corrected chi connectivity index (χ0v) is 24.1. The molecule has 0 spiro atoms. The van der Waals surface area contributed by atoms with Crippen LogP contribution in [0.4, 0.5) is 8.78 Å². The number of hydrogen-bond acceptors (Lipinski definition) is 11. The zero-order valence-electron chi connectivity index (χ0n) is 24.1. The van der Waals surface area contributed by atoms with Crippen molar-refractivity contribution in [2.45, 2.75) is 63.8 Å². The fraction of sp³-hybridized carbons (Fsp3) is 0.690. The summed E-state index contributed by atoms with van der Waals surface area (Å²) >= 11 is 0. The maximum absolute atomic E-state index is 14.7. The summed E-state index contributed by atoms with van der Waals surface area (Å²) in [7, 11) is 0. The Hall–Kier alpha value is -2.39. The molecule has 1 saturated carbocycles. The minimum absolute atomic E-state index is 0.00938. The molecular formula is C29H44F2N2O9. The molecule has 4 N–H and O–H groups in total. The van der Waals surface area contributed by atoms with Crippen LogP contribution in [0.25, 0.3) is 0 Å². The van der Waals surface area contributed by atoms with E-state index in [1.807, 2.05) is 6.08 Å². The summed E-state index contributed by atoms with van der Waals surface area (Å²) in [6.07, 6.45) is 3.52. The highest BCUT2D eigenvalue weighted by molar-refractivity contribution is 5.93. The van der Waals surface area contributed by atoms with Crippen LogP contribution in [0.15, 0.2) is 29.0 Å². The third-order valence-electron chi connectivity index (χ3n) is 6.89. The first-order chi connectivity index (χ1) is 20.3. The van der Waals surface area contributed by atoms with E-state index >= 15 is 0 Å². The van der Waals surface area contributed by atoms with E-state index in [9.17, 15) is 28.7 Å². The van der Waals surface area contributed by atoms with Crippen molar-refractivity contribution < 1.29 is 47.8 Å². The van der Waals surface area contributed by atoms with Gasteiger partial charge in [-0.05, 0) is 49.3 Å². The minimum Gasteiger partial charge on any atom is -0.488 e. The van der Waals surface area contributed by atoms with E-state index in [2.05, 4.69) is 10.5 Å². The number of nitrogens with one attached hydrogen (secondary N) is 1. The number of carbonyl (C=O) groups is 1. The van der Waals surface area contributed by atoms with Gasteiger partial charge in [0.1, 0.15) is 12.8 Å². The van der Waals surface area contributed by atoms with E-state index in [0.717, 1.165) is 25.7 Å². The van der Waals surface area contributed by atoms with Crippen LogP contribution in [0.3, 0.4) is 0 Å². The molecule has 1 aromatic rings. The Morgan fingerprint density at radius 2 is 1.64 bits per heavy atom. The summed E-state index contributed by atoms with van der Waals surface area (Å²) < 4.78 is 50.6. The number of allylic oxidation sites excluding steroid dienone is 2. The van der Waals surface area contributed by atoms with Gasteiger partial charge in [-0.3, -0.25) is 10.1 Å². The molecule has 0 bridgehead atoms. The summed E-state index contributed by atoms with van der Waals surface area (Å²) in [5.74, 6) is -2.16. The van der Waals surface area contributed by atoms with Crippen LogP contribution in [-0.4, -0.2) is 98.9 Å². The molecular weight excluding hydrogens is 558 g/mol. The molecule has 2 rings (SSSR count). The van der Waals surface area contributed by atoms with E-state index in [4.69, 9.17) is 24.1 Å². The number of ketones is 1. The number of nitroso groups, excluding NO2 is 1. The summed E-state index contributed by atoms with van der Waals surface area (Å²) in [5.41, 5.74) is 0.616. The van der Waals surface area contributed by atoms with Crippen LogP contribution in [0, 0.1) is 22.5 Å². The van der Waals surface area contributed by atoms with E-state index in [0.29, 0.717) is 11.5 Å². The second-order valence-electron chi connectivity index (χ2n) is 10.1. The minimum atomic E-state index is -1.37. The fourth-order valence-corrected chi connectivity index (χ4v) is 4.53. The van der Waals surface area contributed by atoms with Crippen molar-refractivity contribution in [3.8, 4) is 5.75 Å². The van der Waals surface area contributed by atoms with Crippen molar-refractivity contribution in [3.05, 3.63) is 45.9 Å². The van der Waals surface area contributed by atoms with Gasteiger partial charge in [0.2, 0.25) is 5.82 Å². The SMILES string of the molecule is CC(=O)/C(=C/C1CCCC1)Cc1ccc(OCCOCCOCCOCCNC(O)C(N=O)C(O)CCO)c(F)c1F. The summed E-state index contributed by atoms with van der Waals surface area (Å²) in [5, 5.41) is 33.6. The summed E-state index contributed by atoms with van der Waals surface area (Å²) in [6, 6.07) is 1.50. The number of aliphatic hydroxyl groups excluding tert-OH is 3. The lowest BCUT2D eigenvalue weighted by atomic mass is 9.96. The van der Waals surface area contributed by atoms with Gasteiger partial charge in [0, 0.05) is 19.6 Å². The number of rotatable bonds is 23. The molecule has 3 unspecified atom stereocenters. The Balaban J connectivity index is 1.55. The molecule has 1 aromatic carbocycles. The van der Waals surface area contributed by atoms with Crippen molar-refractivity contribution >= 4 is 5.78 Å². The molecule has 0 aliphatic heterocycles. The molecule has 1 fully saturated rings. The van der Waals surface area contributed by atoms with Crippen molar-refractivity contribution in [2.75, 3.05) is 59.4 Å². The zero-order chi connectivity index (χ0) is 30.7. The summed E-state index contributed by atoms with van der Waals surface area (Å²) in [6.45, 7) is 2.76. The van der Waals surface area contributed by atoms with Crippen molar-refractivity contribution in [1.82, 2.24) is 5.32 Å². The Morgan fingerprint density at radius 3 is 2.24 bits per heavy atom. The van der Waals surface area contributed by atoms with Crippen molar-refractivity contribution in [1.29, 1.82) is 0 Å². The number of benzene rings is 1. The van der Waals surface area contributed by atoms with Gasteiger partial charge in [0.05, 0.1) is 45.7 Å². The Bertz CT molecular complexity index is 977. The van der Waals surface area contributed by atoms with Gasteiger partial charge >= 0.3 is 0 Å². The molecule has 0 radical (unpaired) electrons. The van der Waals surface area contributed by atoms with Gasteiger partial charge in [-0.2, -0.15) is 9.30 Å². The normalized spacial score (nSPS) is 16.4. The Kier molecular flexibility index (Phi) is 17.5. The highest BCUT2D eigenvalue weighted by Crippen LogP contribution is 2.29. The lowest BCUT2D eigenvalue weighted by Gasteiger charge is -2.21. The first kappa shape index (κ1) is 35.8. The monoisotopic (exact) mass is 602 g/mol. The predicted molar refractivity (Wildman–Crippen MR) is 150 cm³/mol. The molecule has 1 aliphatic rings. The third-order valence-corrected chi connectivity index (χ3v) is 6.89. The number of aliphatic hydroxyl groups is 3. The smallest absolute Gasteiger partial charge is 0.200 e. The average molecular weight is 603 g/mol. The van der Waals surface area contributed by atoms with Crippen LogP contribution in [0.5, 0.6) is 5.75 Å². The average Bonchev–Trinajstić information content (AvgIpc) is 3.48. The maximum Gasteiger partial charge on any atom is 0.200 e. The number of hydrogen-bond donors (Lipinski definition) is 4. The van der Waals surface area contributed by atoms with Crippen LogP contribution < -0.4 is 10.1 Å². The molecule has 1 aliphatic carbocycles. The fourth-order valence-electron chi connectivity index (χ4n) is 4.53. The van der Waals surface area contributed by atoms with Gasteiger partial charge in [0.25, 0.3) is 0 Å². The number of carbonyl (C=O) groups excluding carboxylic acids is 1. The molecule has 238 valence electrons. The van der Waals surface area contributed by atoms with Gasteiger partial charge in [-0.1, -0.05) is 30.2 Å². The number of halogens is 2. The maximum atomic E-state index is 14.7. The molecule has 0 saturated heterocycles.